The van der Waals surface area contributed by atoms with Crippen LogP contribution < -0.4 is 15.3 Å². The molecule has 1 saturated heterocycles. The third-order valence-electron chi connectivity index (χ3n) is 5.78. The summed E-state index contributed by atoms with van der Waals surface area (Å²) in [5, 5.41) is 27.4. The van der Waals surface area contributed by atoms with Crippen molar-refractivity contribution < 1.29 is 33.0 Å². The molecular formula is C24H29N6O7P. The van der Waals surface area contributed by atoms with Crippen LogP contribution in [-0.2, 0) is 23.4 Å². The van der Waals surface area contributed by atoms with Gasteiger partial charge in [-0.15, -0.1) is 0 Å². The highest BCUT2D eigenvalue weighted by atomic mass is 31.2. The number of benzene rings is 1. The van der Waals surface area contributed by atoms with Crippen LogP contribution in [0.2, 0.25) is 0 Å². The molecule has 1 aromatic carbocycles. The summed E-state index contributed by atoms with van der Waals surface area (Å²) in [6, 6.07) is 12.6. The van der Waals surface area contributed by atoms with E-state index in [1.165, 1.54) is 17.8 Å². The highest BCUT2D eigenvalue weighted by Crippen LogP contribution is 2.47. The lowest BCUT2D eigenvalue weighted by Gasteiger charge is -2.25. The van der Waals surface area contributed by atoms with Gasteiger partial charge in [0.1, 0.15) is 47.9 Å². The second-order valence-corrected chi connectivity index (χ2v) is 10.7. The third-order valence-corrected chi connectivity index (χ3v) is 7.43. The summed E-state index contributed by atoms with van der Waals surface area (Å²) < 4.78 is 37.7. The Morgan fingerprint density at radius 1 is 1.29 bits per heavy atom. The number of anilines is 1. The van der Waals surface area contributed by atoms with Gasteiger partial charge in [-0.3, -0.25) is 9.32 Å². The molecule has 0 bridgehead atoms. The number of carbonyl (C=O) groups excluding carboxylic acids is 1. The molecule has 1 aliphatic heterocycles. The van der Waals surface area contributed by atoms with Crippen LogP contribution in [0, 0.1) is 17.2 Å². The van der Waals surface area contributed by atoms with E-state index in [1.807, 2.05) is 0 Å². The minimum Gasteiger partial charge on any atom is -0.462 e. The molecule has 0 aliphatic carbocycles. The van der Waals surface area contributed by atoms with Crippen LogP contribution in [-0.4, -0.2) is 56.6 Å². The van der Waals surface area contributed by atoms with Crippen molar-refractivity contribution >= 4 is 25.1 Å². The Bertz CT molecular complexity index is 1360. The average molecular weight is 545 g/mol. The fraction of sp³-hybridized carbons (Fsp3) is 0.417. The van der Waals surface area contributed by atoms with Crippen LogP contribution in [0.4, 0.5) is 5.82 Å². The van der Waals surface area contributed by atoms with E-state index in [4.69, 9.17) is 24.3 Å². The van der Waals surface area contributed by atoms with Gasteiger partial charge in [-0.1, -0.05) is 18.2 Å². The molecule has 6 unspecified atom stereocenters. The predicted octanol–water partition coefficient (Wildman–Crippen LogP) is 2.39. The van der Waals surface area contributed by atoms with Crippen molar-refractivity contribution in [1.82, 2.24) is 19.7 Å². The van der Waals surface area contributed by atoms with E-state index in [1.54, 1.807) is 56.3 Å². The van der Waals surface area contributed by atoms with Crippen LogP contribution >= 0.6 is 7.75 Å². The van der Waals surface area contributed by atoms with Gasteiger partial charge in [-0.05, 0) is 45.0 Å². The number of para-hydroxylation sites is 1. The Balaban J connectivity index is 1.53. The molecular weight excluding hydrogens is 515 g/mol. The molecule has 38 heavy (non-hydrogen) atoms. The molecule has 4 N–H and O–H groups in total. The van der Waals surface area contributed by atoms with Crippen LogP contribution in [0.3, 0.4) is 0 Å². The van der Waals surface area contributed by atoms with Crippen LogP contribution in [0.5, 0.6) is 5.75 Å². The quantitative estimate of drug-likeness (QED) is 0.251. The maximum absolute atomic E-state index is 13.7. The van der Waals surface area contributed by atoms with E-state index in [0.29, 0.717) is 11.2 Å². The lowest BCUT2D eigenvalue weighted by molar-refractivity contribution is -0.149. The molecule has 6 atom stereocenters. The summed E-state index contributed by atoms with van der Waals surface area (Å²) in [5.74, 6) is -1.16. The molecule has 0 saturated carbocycles. The average Bonchev–Trinajstić information content (AvgIpc) is 3.44. The molecule has 3 heterocycles. The Morgan fingerprint density at radius 2 is 2.03 bits per heavy atom. The van der Waals surface area contributed by atoms with Gasteiger partial charge >= 0.3 is 13.7 Å². The van der Waals surface area contributed by atoms with Gasteiger partial charge in [0.05, 0.1) is 24.5 Å². The molecule has 13 nitrogen and oxygen atoms in total. The number of nitrogens with two attached hydrogens (primary N) is 1. The normalized spacial score (nSPS) is 23.6. The number of aliphatic hydroxyl groups is 1. The number of aliphatic hydroxyl groups excluding tert-OH is 1. The molecule has 1 aliphatic rings. The first-order valence-corrected chi connectivity index (χ1v) is 13.4. The second-order valence-electron chi connectivity index (χ2n) is 8.98. The topological polar surface area (TPSA) is 183 Å². The van der Waals surface area contributed by atoms with Crippen molar-refractivity contribution in [2.75, 3.05) is 12.3 Å². The smallest absolute Gasteiger partial charge is 0.459 e. The third kappa shape index (κ3) is 5.96. The molecule has 4 rings (SSSR count). The number of hydrogen-bond donors (Lipinski definition) is 3. The van der Waals surface area contributed by atoms with Crippen molar-refractivity contribution in [3.05, 3.63) is 54.5 Å². The van der Waals surface area contributed by atoms with Gasteiger partial charge in [-0.2, -0.15) is 15.4 Å². The molecule has 2 aromatic heterocycles. The van der Waals surface area contributed by atoms with Crippen molar-refractivity contribution in [2.45, 2.75) is 51.2 Å². The molecule has 14 heteroatoms. The monoisotopic (exact) mass is 544 g/mol. The van der Waals surface area contributed by atoms with Gasteiger partial charge in [0.15, 0.2) is 5.82 Å². The van der Waals surface area contributed by atoms with Gasteiger partial charge in [-0.25, -0.2) is 14.1 Å². The van der Waals surface area contributed by atoms with Crippen molar-refractivity contribution in [3.63, 3.8) is 0 Å². The number of ether oxygens (including phenoxy) is 2. The van der Waals surface area contributed by atoms with Gasteiger partial charge < -0.3 is 24.8 Å². The number of nitriles is 1. The summed E-state index contributed by atoms with van der Waals surface area (Å²) in [4.78, 5) is 16.3. The SMILES string of the molecule is CC(C)OC(=O)C(C)NP(=O)(OCC1OC(c2ccc3c(N)ncnn23)C(C#N)C1O)Oc1ccccc1. The van der Waals surface area contributed by atoms with E-state index in [-0.39, 0.29) is 17.7 Å². The fourth-order valence-electron chi connectivity index (χ4n) is 3.99. The van der Waals surface area contributed by atoms with Gasteiger partial charge in [0, 0.05) is 0 Å². The maximum atomic E-state index is 13.7. The lowest BCUT2D eigenvalue weighted by atomic mass is 9.96. The molecule has 3 aromatic rings. The number of hydrogen-bond acceptors (Lipinski definition) is 11. The van der Waals surface area contributed by atoms with E-state index in [9.17, 15) is 19.7 Å². The summed E-state index contributed by atoms with van der Waals surface area (Å²) in [5.41, 5.74) is 6.90. The summed E-state index contributed by atoms with van der Waals surface area (Å²) >= 11 is 0. The summed E-state index contributed by atoms with van der Waals surface area (Å²) in [7, 11) is -4.19. The highest BCUT2D eigenvalue weighted by molar-refractivity contribution is 7.52. The number of nitrogens with zero attached hydrogens (tertiary/aromatic N) is 4. The number of fused-ring (bicyclic) bond motifs is 1. The zero-order valence-corrected chi connectivity index (χ0v) is 21.9. The fourth-order valence-corrected chi connectivity index (χ4v) is 5.50. The van der Waals surface area contributed by atoms with Crippen molar-refractivity contribution in [3.8, 4) is 11.8 Å². The number of nitrogen functional groups attached to an aromatic ring is 1. The standard InChI is InChI=1S/C24H29N6O7P/c1-14(2)35-24(32)15(3)29-38(33,37-16-7-5-4-6-8-16)34-12-20-21(31)17(11-25)22(36-20)18-9-10-19-23(26)27-13-28-30(18)19/h4-10,13-15,17,20-22,31H,12H2,1-3H3,(H,29,33)(H2,26,27,28). The first kappa shape index (κ1) is 27.5. The van der Waals surface area contributed by atoms with Crippen molar-refractivity contribution in [1.29, 1.82) is 5.26 Å². The second kappa shape index (κ2) is 11.5. The molecule has 0 amide bonds. The zero-order valence-electron chi connectivity index (χ0n) is 21.0. The number of nitrogens with one attached hydrogen (secondary N) is 1. The molecule has 0 radical (unpaired) electrons. The summed E-state index contributed by atoms with van der Waals surface area (Å²) in [6.07, 6.45) is -2.34. The lowest BCUT2D eigenvalue weighted by Crippen LogP contribution is -2.37. The Labute approximate surface area is 219 Å². The van der Waals surface area contributed by atoms with E-state index in [2.05, 4.69) is 21.2 Å². The first-order valence-electron chi connectivity index (χ1n) is 11.9. The van der Waals surface area contributed by atoms with Gasteiger partial charge in [0.25, 0.3) is 0 Å². The predicted molar refractivity (Wildman–Crippen MR) is 135 cm³/mol. The molecule has 202 valence electrons. The maximum Gasteiger partial charge on any atom is 0.459 e. The van der Waals surface area contributed by atoms with Crippen LogP contribution in [0.15, 0.2) is 48.8 Å². The Kier molecular flexibility index (Phi) is 8.30. The van der Waals surface area contributed by atoms with E-state index in [0.717, 1.165) is 0 Å². The zero-order chi connectivity index (χ0) is 27.4. The highest BCUT2D eigenvalue weighted by Gasteiger charge is 2.47. The minimum atomic E-state index is -4.19. The Morgan fingerprint density at radius 3 is 2.71 bits per heavy atom. The van der Waals surface area contributed by atoms with Crippen molar-refractivity contribution in [2.24, 2.45) is 5.92 Å². The Hall–Kier alpha value is -3.53. The van der Waals surface area contributed by atoms with E-state index >= 15 is 0 Å². The largest absolute Gasteiger partial charge is 0.462 e. The number of rotatable bonds is 10. The minimum absolute atomic E-state index is 0.227. The van der Waals surface area contributed by atoms with Crippen LogP contribution in [0.25, 0.3) is 5.52 Å². The van der Waals surface area contributed by atoms with Crippen LogP contribution in [0.1, 0.15) is 32.6 Å². The number of carbonyl (C=O) groups is 1. The summed E-state index contributed by atoms with van der Waals surface area (Å²) in [6.45, 7) is 4.43. The van der Waals surface area contributed by atoms with Gasteiger partial charge in [0.2, 0.25) is 0 Å². The molecule has 1 fully saturated rings. The number of aromatic nitrogens is 3. The number of esters is 1. The van der Waals surface area contributed by atoms with E-state index < -0.39 is 50.6 Å². The molecule has 0 spiro atoms. The first-order chi connectivity index (χ1) is 18.1.